The van der Waals surface area contributed by atoms with Crippen LogP contribution in [0.2, 0.25) is 0 Å². The second-order valence-electron chi connectivity index (χ2n) is 2.68. The van der Waals surface area contributed by atoms with Crippen molar-refractivity contribution < 1.29 is 0 Å². The van der Waals surface area contributed by atoms with Crippen LogP contribution in [-0.4, -0.2) is 5.71 Å². The van der Waals surface area contributed by atoms with Crippen molar-refractivity contribution in [1.29, 1.82) is 10.7 Å². The van der Waals surface area contributed by atoms with Gasteiger partial charge in [0.05, 0.1) is 6.07 Å². The van der Waals surface area contributed by atoms with E-state index in [0.29, 0.717) is 5.92 Å². The first-order chi connectivity index (χ1) is 4.24. The lowest BCUT2D eigenvalue weighted by atomic mass is 9.74. The molecule has 1 fully saturated rings. The Balaban J connectivity index is 2.29. The highest BCUT2D eigenvalue weighted by Gasteiger charge is 2.29. The van der Waals surface area contributed by atoms with Gasteiger partial charge in [-0.15, -0.1) is 0 Å². The number of nitrogens with zero attached hydrogens (tertiary/aromatic N) is 1. The van der Waals surface area contributed by atoms with Gasteiger partial charge in [0.25, 0.3) is 0 Å². The van der Waals surface area contributed by atoms with Gasteiger partial charge in [-0.05, 0) is 25.7 Å². The van der Waals surface area contributed by atoms with E-state index in [1.807, 2.05) is 6.92 Å². The molecule has 0 aromatic heterocycles. The van der Waals surface area contributed by atoms with Crippen LogP contribution in [0.1, 0.15) is 19.8 Å². The summed E-state index contributed by atoms with van der Waals surface area (Å²) < 4.78 is 0. The lowest BCUT2D eigenvalue weighted by Gasteiger charge is -2.29. The molecule has 2 heteroatoms. The summed E-state index contributed by atoms with van der Waals surface area (Å²) in [5.74, 6) is 0.671. The summed E-state index contributed by atoms with van der Waals surface area (Å²) in [6.07, 6.45) is 1.84. The van der Waals surface area contributed by atoms with Gasteiger partial charge >= 0.3 is 0 Å². The Hall–Kier alpha value is -0.840. The molecule has 1 aliphatic rings. The SMILES string of the molecule is CC(=N)C1CC(C#N)C1. The third kappa shape index (κ3) is 1.10. The van der Waals surface area contributed by atoms with Crippen molar-refractivity contribution >= 4 is 5.71 Å². The van der Waals surface area contributed by atoms with Crippen LogP contribution in [0, 0.1) is 28.6 Å². The fourth-order valence-electron chi connectivity index (χ4n) is 1.08. The van der Waals surface area contributed by atoms with E-state index in [2.05, 4.69) is 6.07 Å². The van der Waals surface area contributed by atoms with Gasteiger partial charge in [-0.2, -0.15) is 5.26 Å². The van der Waals surface area contributed by atoms with E-state index >= 15 is 0 Å². The zero-order valence-corrected chi connectivity index (χ0v) is 5.52. The molecule has 9 heavy (non-hydrogen) atoms. The molecule has 48 valence electrons. The van der Waals surface area contributed by atoms with Gasteiger partial charge in [0.15, 0.2) is 0 Å². The minimum Gasteiger partial charge on any atom is -0.310 e. The molecule has 0 spiro atoms. The normalized spacial score (nSPS) is 32.4. The van der Waals surface area contributed by atoms with Gasteiger partial charge in [-0.3, -0.25) is 0 Å². The minimum atomic E-state index is 0.246. The third-order valence-electron chi connectivity index (χ3n) is 1.93. The van der Waals surface area contributed by atoms with Gasteiger partial charge in [0, 0.05) is 11.6 Å². The van der Waals surface area contributed by atoms with E-state index < -0.39 is 0 Å². The molecule has 2 nitrogen and oxygen atoms in total. The standard InChI is InChI=1S/C7H10N2/c1-5(9)7-2-6(3-7)4-8/h6-7,9H,2-3H2,1H3. The molecule has 0 radical (unpaired) electrons. The molecule has 0 aromatic rings. The molecule has 0 saturated heterocycles. The van der Waals surface area contributed by atoms with Gasteiger partial charge in [-0.25, -0.2) is 0 Å². The van der Waals surface area contributed by atoms with E-state index in [9.17, 15) is 0 Å². The second-order valence-corrected chi connectivity index (χ2v) is 2.68. The van der Waals surface area contributed by atoms with Gasteiger partial charge < -0.3 is 5.41 Å². The molecule has 1 rings (SSSR count). The maximum absolute atomic E-state index is 8.37. The van der Waals surface area contributed by atoms with Crippen LogP contribution >= 0.6 is 0 Å². The lowest BCUT2D eigenvalue weighted by Crippen LogP contribution is -2.27. The van der Waals surface area contributed by atoms with Gasteiger partial charge in [0.2, 0.25) is 0 Å². The number of hydrogen-bond donors (Lipinski definition) is 1. The monoisotopic (exact) mass is 122 g/mol. The maximum atomic E-state index is 8.37. The highest BCUT2D eigenvalue weighted by Crippen LogP contribution is 2.33. The van der Waals surface area contributed by atoms with Crippen LogP contribution in [0.3, 0.4) is 0 Å². The number of rotatable bonds is 1. The molecule has 1 saturated carbocycles. The summed E-state index contributed by atoms with van der Waals surface area (Å²) in [4.78, 5) is 0. The quantitative estimate of drug-likeness (QED) is 0.527. The van der Waals surface area contributed by atoms with Gasteiger partial charge in [0.1, 0.15) is 0 Å². The Morgan fingerprint density at radius 2 is 2.22 bits per heavy atom. The van der Waals surface area contributed by atoms with Crippen LogP contribution in [-0.2, 0) is 0 Å². The Morgan fingerprint density at radius 1 is 1.67 bits per heavy atom. The molecule has 0 heterocycles. The van der Waals surface area contributed by atoms with E-state index in [1.165, 1.54) is 0 Å². The molecular formula is C7H10N2. The number of nitrogens with one attached hydrogen (secondary N) is 1. The van der Waals surface area contributed by atoms with Crippen molar-refractivity contribution in [3.8, 4) is 6.07 Å². The largest absolute Gasteiger partial charge is 0.310 e. The maximum Gasteiger partial charge on any atom is 0.0656 e. The van der Waals surface area contributed by atoms with Crippen molar-refractivity contribution in [3.05, 3.63) is 0 Å². The molecular weight excluding hydrogens is 112 g/mol. The van der Waals surface area contributed by atoms with Crippen LogP contribution in [0.25, 0.3) is 0 Å². The molecule has 1 N–H and O–H groups in total. The zero-order valence-electron chi connectivity index (χ0n) is 5.52. The molecule has 0 aliphatic heterocycles. The van der Waals surface area contributed by atoms with Crippen molar-refractivity contribution in [2.75, 3.05) is 0 Å². The average Bonchev–Trinajstić information content (AvgIpc) is 1.61. The Morgan fingerprint density at radius 3 is 2.56 bits per heavy atom. The van der Waals surface area contributed by atoms with Crippen molar-refractivity contribution in [2.45, 2.75) is 19.8 Å². The van der Waals surface area contributed by atoms with Crippen molar-refractivity contribution in [1.82, 2.24) is 0 Å². The first kappa shape index (κ1) is 6.28. The predicted octanol–water partition coefficient (Wildman–Crippen LogP) is 1.58. The average molecular weight is 122 g/mol. The van der Waals surface area contributed by atoms with Gasteiger partial charge in [-0.1, -0.05) is 0 Å². The molecule has 0 bridgehead atoms. The van der Waals surface area contributed by atoms with Crippen LogP contribution < -0.4 is 0 Å². The molecule has 0 amide bonds. The van der Waals surface area contributed by atoms with Crippen LogP contribution in [0.5, 0.6) is 0 Å². The summed E-state index contributed by atoms with van der Waals surface area (Å²) in [6, 6.07) is 2.19. The van der Waals surface area contributed by atoms with Crippen molar-refractivity contribution in [3.63, 3.8) is 0 Å². The first-order valence-corrected chi connectivity index (χ1v) is 3.18. The Bertz CT molecular complexity index is 160. The molecule has 0 atom stereocenters. The first-order valence-electron chi connectivity index (χ1n) is 3.18. The summed E-state index contributed by atoms with van der Waals surface area (Å²) in [5.41, 5.74) is 0.738. The van der Waals surface area contributed by atoms with Crippen LogP contribution in [0.15, 0.2) is 0 Å². The van der Waals surface area contributed by atoms with Crippen LogP contribution in [0.4, 0.5) is 0 Å². The minimum absolute atomic E-state index is 0.246. The summed E-state index contributed by atoms with van der Waals surface area (Å²) >= 11 is 0. The predicted molar refractivity (Wildman–Crippen MR) is 35.2 cm³/mol. The fraction of sp³-hybridized carbons (Fsp3) is 0.714. The lowest BCUT2D eigenvalue weighted by molar-refractivity contribution is 0.322. The highest BCUT2D eigenvalue weighted by molar-refractivity contribution is 5.82. The fourth-order valence-corrected chi connectivity index (χ4v) is 1.08. The van der Waals surface area contributed by atoms with E-state index in [0.717, 1.165) is 18.6 Å². The smallest absolute Gasteiger partial charge is 0.0656 e. The number of nitriles is 1. The number of hydrogen-bond acceptors (Lipinski definition) is 2. The highest BCUT2D eigenvalue weighted by atomic mass is 14.5. The van der Waals surface area contributed by atoms with E-state index in [-0.39, 0.29) is 5.92 Å². The summed E-state index contributed by atoms with van der Waals surface area (Å²) in [7, 11) is 0. The van der Waals surface area contributed by atoms with Crippen molar-refractivity contribution in [2.24, 2.45) is 11.8 Å². The third-order valence-corrected chi connectivity index (χ3v) is 1.93. The van der Waals surface area contributed by atoms with E-state index in [4.69, 9.17) is 10.7 Å². The summed E-state index contributed by atoms with van der Waals surface area (Å²) in [5, 5.41) is 15.6. The zero-order chi connectivity index (χ0) is 6.85. The summed E-state index contributed by atoms with van der Waals surface area (Å²) in [6.45, 7) is 1.82. The topological polar surface area (TPSA) is 47.6 Å². The second kappa shape index (κ2) is 2.18. The molecule has 0 aromatic carbocycles. The van der Waals surface area contributed by atoms with E-state index in [1.54, 1.807) is 0 Å². The molecule has 1 aliphatic carbocycles. The molecule has 0 unspecified atom stereocenters. The Labute approximate surface area is 55.0 Å². The Kier molecular flexibility index (Phi) is 1.52.